The summed E-state index contributed by atoms with van der Waals surface area (Å²) in [5.74, 6) is 0.557. The summed E-state index contributed by atoms with van der Waals surface area (Å²) in [4.78, 5) is 5.13. The monoisotopic (exact) mass is 292 g/mol. The highest BCUT2D eigenvalue weighted by Crippen LogP contribution is 2.46. The molecule has 0 amide bonds. The molecule has 114 valence electrons. The number of hydrogen-bond donors (Lipinski definition) is 0. The van der Waals surface area contributed by atoms with Crippen LogP contribution in [0.3, 0.4) is 0 Å². The Morgan fingerprint density at radius 2 is 1.41 bits per heavy atom. The van der Waals surface area contributed by atoms with E-state index in [9.17, 15) is 0 Å². The highest BCUT2D eigenvalue weighted by atomic mass is 15.3. The summed E-state index contributed by atoms with van der Waals surface area (Å²) in [6, 6.07) is 20.7. The number of nitrogens with zero attached hydrogens (tertiary/aromatic N) is 2. The molecular weight excluding hydrogens is 268 g/mol. The maximum absolute atomic E-state index is 2.70. The van der Waals surface area contributed by atoms with Crippen molar-refractivity contribution in [3.8, 4) is 0 Å². The molecule has 1 heterocycles. The molecule has 4 rings (SSSR count). The van der Waals surface area contributed by atoms with Crippen molar-refractivity contribution in [1.82, 2.24) is 9.80 Å². The molecular formula is C20H24N2. The van der Waals surface area contributed by atoms with Gasteiger partial charge < -0.3 is 4.90 Å². The Kier molecular flexibility index (Phi) is 3.73. The van der Waals surface area contributed by atoms with Crippen LogP contribution in [-0.2, 0) is 0 Å². The van der Waals surface area contributed by atoms with Gasteiger partial charge in [-0.3, -0.25) is 4.90 Å². The van der Waals surface area contributed by atoms with E-state index in [1.165, 1.54) is 43.7 Å². The predicted molar refractivity (Wildman–Crippen MR) is 91.2 cm³/mol. The molecule has 1 fully saturated rings. The van der Waals surface area contributed by atoms with E-state index in [1.54, 1.807) is 5.56 Å². The Hall–Kier alpha value is -1.64. The van der Waals surface area contributed by atoms with Crippen molar-refractivity contribution in [2.75, 3.05) is 33.2 Å². The van der Waals surface area contributed by atoms with Gasteiger partial charge in [-0.1, -0.05) is 54.6 Å². The number of benzene rings is 2. The molecule has 22 heavy (non-hydrogen) atoms. The first-order valence-electron chi connectivity index (χ1n) is 8.39. The van der Waals surface area contributed by atoms with Crippen LogP contribution in [0.4, 0.5) is 0 Å². The molecule has 0 bridgehead atoms. The molecule has 0 radical (unpaired) electrons. The lowest BCUT2D eigenvalue weighted by Crippen LogP contribution is -2.45. The Bertz CT molecular complexity index is 629. The van der Waals surface area contributed by atoms with Gasteiger partial charge in [0.2, 0.25) is 0 Å². The molecule has 1 saturated heterocycles. The SMILES string of the molecule is CN1CCN([C@H]2C[C@H](c3ccccc3)c3ccccc32)CC1. The van der Waals surface area contributed by atoms with Crippen molar-refractivity contribution in [3.05, 3.63) is 71.3 Å². The Morgan fingerprint density at radius 3 is 2.14 bits per heavy atom. The van der Waals surface area contributed by atoms with E-state index in [-0.39, 0.29) is 0 Å². The summed E-state index contributed by atoms with van der Waals surface area (Å²) in [5, 5.41) is 0. The van der Waals surface area contributed by atoms with Crippen molar-refractivity contribution in [2.45, 2.75) is 18.4 Å². The van der Waals surface area contributed by atoms with Crippen molar-refractivity contribution in [2.24, 2.45) is 0 Å². The molecule has 0 unspecified atom stereocenters. The number of fused-ring (bicyclic) bond motifs is 1. The van der Waals surface area contributed by atoms with Crippen molar-refractivity contribution in [1.29, 1.82) is 0 Å². The number of piperazine rings is 1. The minimum absolute atomic E-state index is 0.557. The molecule has 2 aromatic rings. The standard InChI is InChI=1S/C20H24N2/c1-21-11-13-22(14-12-21)20-15-19(16-7-3-2-4-8-16)17-9-5-6-10-18(17)20/h2-10,19-20H,11-15H2,1H3/t19-,20+/m1/s1. The van der Waals surface area contributed by atoms with Gasteiger partial charge in [0.1, 0.15) is 0 Å². The van der Waals surface area contributed by atoms with Gasteiger partial charge in [0.05, 0.1) is 0 Å². The summed E-state index contributed by atoms with van der Waals surface area (Å²) < 4.78 is 0. The Morgan fingerprint density at radius 1 is 0.773 bits per heavy atom. The fraction of sp³-hybridized carbons (Fsp3) is 0.400. The first-order chi connectivity index (χ1) is 10.8. The Balaban J connectivity index is 1.65. The van der Waals surface area contributed by atoms with Crippen LogP contribution in [-0.4, -0.2) is 43.0 Å². The summed E-state index contributed by atoms with van der Waals surface area (Å²) in [7, 11) is 2.23. The van der Waals surface area contributed by atoms with Gasteiger partial charge in [-0.2, -0.15) is 0 Å². The molecule has 1 aliphatic carbocycles. The van der Waals surface area contributed by atoms with Crippen LogP contribution in [0, 0.1) is 0 Å². The molecule has 1 aliphatic heterocycles. The molecule has 0 saturated carbocycles. The van der Waals surface area contributed by atoms with E-state index in [4.69, 9.17) is 0 Å². The fourth-order valence-corrected chi connectivity index (χ4v) is 4.09. The minimum Gasteiger partial charge on any atom is -0.304 e. The van der Waals surface area contributed by atoms with Crippen LogP contribution in [0.2, 0.25) is 0 Å². The van der Waals surface area contributed by atoms with Crippen LogP contribution in [0.15, 0.2) is 54.6 Å². The number of likely N-dealkylation sites (N-methyl/N-ethyl adjacent to an activating group) is 1. The zero-order valence-corrected chi connectivity index (χ0v) is 13.3. The third kappa shape index (κ3) is 2.47. The minimum atomic E-state index is 0.557. The van der Waals surface area contributed by atoms with Crippen molar-refractivity contribution in [3.63, 3.8) is 0 Å². The number of rotatable bonds is 2. The van der Waals surface area contributed by atoms with Gasteiger partial charge >= 0.3 is 0 Å². The third-order valence-corrected chi connectivity index (χ3v) is 5.37. The zero-order valence-electron chi connectivity index (χ0n) is 13.3. The van der Waals surface area contributed by atoms with E-state index in [2.05, 4.69) is 71.4 Å². The second-order valence-corrected chi connectivity index (χ2v) is 6.68. The van der Waals surface area contributed by atoms with E-state index in [1.807, 2.05) is 0 Å². The molecule has 0 aromatic heterocycles. The van der Waals surface area contributed by atoms with E-state index in [0.29, 0.717) is 12.0 Å². The van der Waals surface area contributed by atoms with Gasteiger partial charge in [-0.25, -0.2) is 0 Å². The van der Waals surface area contributed by atoms with Crippen LogP contribution in [0.5, 0.6) is 0 Å². The normalized spacial score (nSPS) is 26.0. The van der Waals surface area contributed by atoms with Gasteiger partial charge in [0.15, 0.2) is 0 Å². The van der Waals surface area contributed by atoms with E-state index < -0.39 is 0 Å². The average molecular weight is 292 g/mol. The van der Waals surface area contributed by atoms with Crippen molar-refractivity contribution < 1.29 is 0 Å². The summed E-state index contributed by atoms with van der Waals surface area (Å²) in [6.45, 7) is 4.76. The summed E-state index contributed by atoms with van der Waals surface area (Å²) in [5.41, 5.74) is 4.56. The molecule has 2 nitrogen and oxygen atoms in total. The second-order valence-electron chi connectivity index (χ2n) is 6.68. The predicted octanol–water partition coefficient (Wildman–Crippen LogP) is 3.51. The van der Waals surface area contributed by atoms with E-state index >= 15 is 0 Å². The highest BCUT2D eigenvalue weighted by molar-refractivity contribution is 5.44. The molecule has 2 aromatic carbocycles. The zero-order chi connectivity index (χ0) is 14.9. The van der Waals surface area contributed by atoms with Gasteiger partial charge in [-0.05, 0) is 30.2 Å². The smallest absolute Gasteiger partial charge is 0.0361 e. The fourth-order valence-electron chi connectivity index (χ4n) is 4.09. The maximum Gasteiger partial charge on any atom is 0.0361 e. The van der Waals surface area contributed by atoms with Crippen molar-refractivity contribution >= 4 is 0 Å². The summed E-state index contributed by atoms with van der Waals surface area (Å²) in [6.07, 6.45) is 1.23. The molecule has 2 atom stereocenters. The molecule has 0 spiro atoms. The molecule has 0 N–H and O–H groups in total. The lowest BCUT2D eigenvalue weighted by atomic mass is 9.93. The topological polar surface area (TPSA) is 6.48 Å². The molecule has 2 heteroatoms. The quantitative estimate of drug-likeness (QED) is 0.836. The van der Waals surface area contributed by atoms with Crippen LogP contribution < -0.4 is 0 Å². The first kappa shape index (κ1) is 14.0. The average Bonchev–Trinajstić information content (AvgIpc) is 2.96. The lowest BCUT2D eigenvalue weighted by Gasteiger charge is -2.37. The lowest BCUT2D eigenvalue weighted by molar-refractivity contribution is 0.110. The third-order valence-electron chi connectivity index (χ3n) is 5.37. The van der Waals surface area contributed by atoms with Crippen LogP contribution >= 0.6 is 0 Å². The van der Waals surface area contributed by atoms with E-state index in [0.717, 1.165) is 0 Å². The highest BCUT2D eigenvalue weighted by Gasteiger charge is 2.35. The van der Waals surface area contributed by atoms with Gasteiger partial charge in [-0.15, -0.1) is 0 Å². The molecule has 2 aliphatic rings. The number of hydrogen-bond acceptors (Lipinski definition) is 2. The van der Waals surface area contributed by atoms with Gasteiger partial charge in [0.25, 0.3) is 0 Å². The largest absolute Gasteiger partial charge is 0.304 e. The van der Waals surface area contributed by atoms with Crippen LogP contribution in [0.1, 0.15) is 35.1 Å². The van der Waals surface area contributed by atoms with Crippen LogP contribution in [0.25, 0.3) is 0 Å². The maximum atomic E-state index is 2.70. The Labute approximate surface area is 133 Å². The summed E-state index contributed by atoms with van der Waals surface area (Å²) >= 11 is 0. The second kappa shape index (κ2) is 5.86. The van der Waals surface area contributed by atoms with Gasteiger partial charge in [0, 0.05) is 38.1 Å². The first-order valence-corrected chi connectivity index (χ1v) is 8.39.